The highest BCUT2D eigenvalue weighted by Crippen LogP contribution is 2.28. The Hall–Kier alpha value is -1.06. The second-order valence-electron chi connectivity index (χ2n) is 6.49. The molecule has 114 valence electrons. The lowest BCUT2D eigenvalue weighted by Crippen LogP contribution is -2.28. The summed E-state index contributed by atoms with van der Waals surface area (Å²) in [4.78, 5) is 24.6. The molecule has 4 heteroatoms. The van der Waals surface area contributed by atoms with E-state index in [-0.39, 0.29) is 18.2 Å². The molecule has 1 atom stereocenters. The van der Waals surface area contributed by atoms with Crippen LogP contribution >= 0.6 is 0 Å². The Labute approximate surface area is 121 Å². The molecular weight excluding hydrogens is 254 g/mol. The van der Waals surface area contributed by atoms with Crippen LogP contribution < -0.4 is 0 Å². The van der Waals surface area contributed by atoms with Crippen molar-refractivity contribution in [1.82, 2.24) is 4.90 Å². The van der Waals surface area contributed by atoms with Crippen LogP contribution in [0.15, 0.2) is 0 Å². The lowest BCUT2D eigenvalue weighted by Gasteiger charge is -2.22. The van der Waals surface area contributed by atoms with Crippen molar-refractivity contribution in [2.45, 2.75) is 64.2 Å². The fraction of sp³-hybridized carbons (Fsp3) is 0.875. The number of hydrogen-bond acceptors (Lipinski definition) is 2. The molecule has 2 rings (SSSR count). The Bertz CT molecular complexity index is 337. The van der Waals surface area contributed by atoms with Crippen molar-refractivity contribution in [3.05, 3.63) is 0 Å². The number of amides is 1. The third-order valence-electron chi connectivity index (χ3n) is 4.83. The standard InChI is InChI=1S/C16H27NO3/c18-15(8-4-7-13-5-2-1-3-6-13)17-10-9-14(12-17)11-16(19)20/h13-14H,1-12H2,(H,19,20). The molecule has 4 nitrogen and oxygen atoms in total. The predicted molar refractivity (Wildman–Crippen MR) is 77.4 cm³/mol. The molecule has 0 radical (unpaired) electrons. The summed E-state index contributed by atoms with van der Waals surface area (Å²) in [5.74, 6) is 0.486. The van der Waals surface area contributed by atoms with E-state index in [2.05, 4.69) is 0 Å². The summed E-state index contributed by atoms with van der Waals surface area (Å²) in [5.41, 5.74) is 0. The van der Waals surface area contributed by atoms with Crippen LogP contribution in [0.3, 0.4) is 0 Å². The van der Waals surface area contributed by atoms with Crippen LogP contribution in [0.1, 0.15) is 64.2 Å². The molecule has 1 saturated heterocycles. The lowest BCUT2D eigenvalue weighted by atomic mass is 9.86. The minimum Gasteiger partial charge on any atom is -0.481 e. The Balaban J connectivity index is 1.61. The van der Waals surface area contributed by atoms with Gasteiger partial charge in [0.15, 0.2) is 0 Å². The molecule has 2 aliphatic rings. The molecule has 0 aromatic carbocycles. The van der Waals surface area contributed by atoms with Gasteiger partial charge in [0, 0.05) is 25.9 Å². The third-order valence-corrected chi connectivity index (χ3v) is 4.83. The van der Waals surface area contributed by atoms with Crippen molar-refractivity contribution in [3.8, 4) is 0 Å². The summed E-state index contributed by atoms with van der Waals surface area (Å²) in [5, 5.41) is 8.78. The smallest absolute Gasteiger partial charge is 0.303 e. The zero-order chi connectivity index (χ0) is 14.4. The van der Waals surface area contributed by atoms with Crippen LogP contribution in [0.25, 0.3) is 0 Å². The van der Waals surface area contributed by atoms with E-state index in [4.69, 9.17) is 5.11 Å². The van der Waals surface area contributed by atoms with Crippen LogP contribution in [0.2, 0.25) is 0 Å². The Morgan fingerprint density at radius 1 is 1.05 bits per heavy atom. The average molecular weight is 281 g/mol. The summed E-state index contributed by atoms with van der Waals surface area (Å²) < 4.78 is 0. The van der Waals surface area contributed by atoms with Crippen molar-refractivity contribution < 1.29 is 14.7 Å². The average Bonchev–Trinajstić information content (AvgIpc) is 2.87. The Kier molecular flexibility index (Phi) is 5.86. The van der Waals surface area contributed by atoms with Crippen LogP contribution in [-0.2, 0) is 9.59 Å². The maximum atomic E-state index is 12.1. The fourth-order valence-electron chi connectivity index (χ4n) is 3.65. The first-order chi connectivity index (χ1) is 9.65. The van der Waals surface area contributed by atoms with E-state index in [1.54, 1.807) is 0 Å². The summed E-state index contributed by atoms with van der Waals surface area (Å²) in [6.07, 6.45) is 10.7. The maximum absolute atomic E-state index is 12.1. The highest BCUT2D eigenvalue weighted by atomic mass is 16.4. The molecule has 1 N–H and O–H groups in total. The van der Waals surface area contributed by atoms with Crippen molar-refractivity contribution in [2.24, 2.45) is 11.8 Å². The fourth-order valence-corrected chi connectivity index (χ4v) is 3.65. The van der Waals surface area contributed by atoms with Gasteiger partial charge in [-0.2, -0.15) is 0 Å². The Morgan fingerprint density at radius 3 is 2.50 bits per heavy atom. The maximum Gasteiger partial charge on any atom is 0.303 e. The van der Waals surface area contributed by atoms with Gasteiger partial charge in [-0.05, 0) is 31.1 Å². The lowest BCUT2D eigenvalue weighted by molar-refractivity contribution is -0.138. The predicted octanol–water partition coefficient (Wildman–Crippen LogP) is 3.06. The van der Waals surface area contributed by atoms with E-state index >= 15 is 0 Å². The number of carbonyl (C=O) groups excluding carboxylic acids is 1. The first-order valence-corrected chi connectivity index (χ1v) is 8.14. The van der Waals surface area contributed by atoms with Gasteiger partial charge < -0.3 is 10.0 Å². The Morgan fingerprint density at radius 2 is 1.80 bits per heavy atom. The highest BCUT2D eigenvalue weighted by Gasteiger charge is 2.27. The number of aliphatic carboxylic acids is 1. The zero-order valence-electron chi connectivity index (χ0n) is 12.4. The van der Waals surface area contributed by atoms with E-state index in [0.29, 0.717) is 13.0 Å². The molecule has 1 aliphatic heterocycles. The molecular formula is C16H27NO3. The van der Waals surface area contributed by atoms with Crippen LogP contribution in [0.4, 0.5) is 0 Å². The number of likely N-dealkylation sites (tertiary alicyclic amines) is 1. The normalized spacial score (nSPS) is 24.0. The van der Waals surface area contributed by atoms with Crippen molar-refractivity contribution in [1.29, 1.82) is 0 Å². The van der Waals surface area contributed by atoms with Gasteiger partial charge in [-0.25, -0.2) is 0 Å². The van der Waals surface area contributed by atoms with Crippen molar-refractivity contribution >= 4 is 11.9 Å². The molecule has 20 heavy (non-hydrogen) atoms. The summed E-state index contributed by atoms with van der Waals surface area (Å²) in [6.45, 7) is 1.40. The van der Waals surface area contributed by atoms with Gasteiger partial charge in [-0.1, -0.05) is 32.1 Å². The highest BCUT2D eigenvalue weighted by molar-refractivity contribution is 5.76. The van der Waals surface area contributed by atoms with E-state index < -0.39 is 5.97 Å². The number of rotatable bonds is 6. The van der Waals surface area contributed by atoms with Gasteiger partial charge >= 0.3 is 5.97 Å². The molecule has 1 amide bonds. The van der Waals surface area contributed by atoms with Gasteiger partial charge in [0.2, 0.25) is 5.91 Å². The number of carboxylic acid groups (broad SMARTS) is 1. The summed E-state index contributed by atoms with van der Waals surface area (Å²) in [7, 11) is 0. The molecule has 1 unspecified atom stereocenters. The van der Waals surface area contributed by atoms with Gasteiger partial charge in [0.25, 0.3) is 0 Å². The first kappa shape index (κ1) is 15.3. The van der Waals surface area contributed by atoms with Gasteiger partial charge in [0.1, 0.15) is 0 Å². The van der Waals surface area contributed by atoms with Gasteiger partial charge in [0.05, 0.1) is 0 Å². The van der Waals surface area contributed by atoms with Gasteiger partial charge in [-0.15, -0.1) is 0 Å². The molecule has 0 spiro atoms. The van der Waals surface area contributed by atoms with E-state index in [0.717, 1.165) is 25.3 Å². The molecule has 1 heterocycles. The van der Waals surface area contributed by atoms with Crippen LogP contribution in [0.5, 0.6) is 0 Å². The van der Waals surface area contributed by atoms with E-state index in [1.807, 2.05) is 4.90 Å². The van der Waals surface area contributed by atoms with Gasteiger partial charge in [-0.3, -0.25) is 9.59 Å². The number of carboxylic acids is 1. The molecule has 0 aromatic rings. The third kappa shape index (κ3) is 4.80. The number of hydrogen-bond donors (Lipinski definition) is 1. The van der Waals surface area contributed by atoms with E-state index in [9.17, 15) is 9.59 Å². The minimum atomic E-state index is -0.749. The van der Waals surface area contributed by atoms with Crippen LogP contribution in [0, 0.1) is 11.8 Å². The quantitative estimate of drug-likeness (QED) is 0.814. The summed E-state index contributed by atoms with van der Waals surface area (Å²) >= 11 is 0. The van der Waals surface area contributed by atoms with E-state index in [1.165, 1.54) is 38.5 Å². The summed E-state index contributed by atoms with van der Waals surface area (Å²) in [6, 6.07) is 0. The largest absolute Gasteiger partial charge is 0.481 e. The zero-order valence-corrected chi connectivity index (χ0v) is 12.4. The van der Waals surface area contributed by atoms with Crippen molar-refractivity contribution in [3.63, 3.8) is 0 Å². The van der Waals surface area contributed by atoms with Crippen LogP contribution in [-0.4, -0.2) is 35.0 Å². The molecule has 1 saturated carbocycles. The molecule has 2 fully saturated rings. The monoisotopic (exact) mass is 281 g/mol. The minimum absolute atomic E-state index is 0.162. The number of nitrogens with zero attached hydrogens (tertiary/aromatic N) is 1. The SMILES string of the molecule is O=C(O)CC1CCN(C(=O)CCCC2CCCCC2)C1. The molecule has 0 bridgehead atoms. The first-order valence-electron chi connectivity index (χ1n) is 8.14. The second kappa shape index (κ2) is 7.65. The molecule has 0 aromatic heterocycles. The molecule has 1 aliphatic carbocycles. The van der Waals surface area contributed by atoms with Crippen molar-refractivity contribution in [2.75, 3.05) is 13.1 Å². The number of carbonyl (C=O) groups is 2. The second-order valence-corrected chi connectivity index (χ2v) is 6.49. The topological polar surface area (TPSA) is 57.6 Å².